The first-order valence-electron chi connectivity index (χ1n) is 16.0. The summed E-state index contributed by atoms with van der Waals surface area (Å²) in [4.78, 5) is 23.3. The van der Waals surface area contributed by atoms with Crippen LogP contribution in [-0.4, -0.2) is 17.0 Å². The van der Waals surface area contributed by atoms with E-state index in [0.717, 1.165) is 54.8 Å². The number of non-ortho nitro benzene ring substituents is 1. The second-order valence-corrected chi connectivity index (χ2v) is 14.8. The van der Waals surface area contributed by atoms with Crippen molar-refractivity contribution >= 4 is 11.7 Å². The van der Waals surface area contributed by atoms with Gasteiger partial charge in [0.1, 0.15) is 6.10 Å². The number of rotatable bonds is 8. The minimum Gasteiger partial charge on any atom is -0.459 e. The number of hydrogen-bond donors (Lipinski definition) is 0. The maximum Gasteiger partial charge on any atom is 0.338 e. The number of carbonyl (C=O) groups excluding carboxylic acids is 1. The van der Waals surface area contributed by atoms with Crippen LogP contribution < -0.4 is 0 Å². The number of carbonyl (C=O) groups is 1. The Bertz CT molecular complexity index is 1040. The van der Waals surface area contributed by atoms with Crippen molar-refractivity contribution in [2.75, 3.05) is 0 Å². The Balaban J connectivity index is 1.20. The lowest BCUT2D eigenvalue weighted by atomic mass is 9.44. The molecule has 0 aromatic heterocycles. The lowest BCUT2D eigenvalue weighted by Crippen LogP contribution is -2.54. The minimum atomic E-state index is -0.443. The number of nitro benzene ring substituents is 1. The summed E-state index contributed by atoms with van der Waals surface area (Å²) < 4.78 is 5.97. The SMILES string of the molecule is CC(C)CCC[C@@H](C)C1CC[C@H]2[C@@H]3CC[C@H]4C[C@H](OC(=O)c5ccc([N+](=O)[O-])cc5)CC[C@]4(C)[C@H]3CC[C@]12C. The molecule has 0 heterocycles. The van der Waals surface area contributed by atoms with Crippen molar-refractivity contribution in [2.24, 2.45) is 52.3 Å². The van der Waals surface area contributed by atoms with Gasteiger partial charge in [-0.25, -0.2) is 4.79 Å². The number of nitrogens with zero attached hydrogens (tertiary/aromatic N) is 1. The van der Waals surface area contributed by atoms with Gasteiger partial charge in [-0.05, 0) is 122 Å². The van der Waals surface area contributed by atoms with Crippen molar-refractivity contribution in [2.45, 2.75) is 118 Å². The van der Waals surface area contributed by atoms with Crippen molar-refractivity contribution in [1.29, 1.82) is 0 Å². The monoisotopic (exact) mass is 537 g/mol. The molecule has 5 heteroatoms. The molecule has 0 aliphatic heterocycles. The van der Waals surface area contributed by atoms with E-state index in [9.17, 15) is 14.9 Å². The third-order valence-corrected chi connectivity index (χ3v) is 12.4. The number of benzene rings is 1. The van der Waals surface area contributed by atoms with Gasteiger partial charge in [-0.3, -0.25) is 10.1 Å². The Hall–Kier alpha value is -1.91. The van der Waals surface area contributed by atoms with E-state index >= 15 is 0 Å². The fourth-order valence-electron chi connectivity index (χ4n) is 10.3. The van der Waals surface area contributed by atoms with Crippen molar-refractivity contribution in [3.63, 3.8) is 0 Å². The normalized spacial score (nSPS) is 38.4. The summed E-state index contributed by atoms with van der Waals surface area (Å²) >= 11 is 0. The minimum absolute atomic E-state index is 0.00510. The summed E-state index contributed by atoms with van der Waals surface area (Å²) in [5, 5.41) is 10.9. The highest BCUT2D eigenvalue weighted by molar-refractivity contribution is 5.89. The van der Waals surface area contributed by atoms with Crippen LogP contribution in [0.5, 0.6) is 0 Å². The average molecular weight is 538 g/mol. The fraction of sp³-hybridized carbons (Fsp3) is 0.794. The van der Waals surface area contributed by atoms with Gasteiger partial charge >= 0.3 is 5.97 Å². The van der Waals surface area contributed by atoms with Crippen LogP contribution in [-0.2, 0) is 4.74 Å². The van der Waals surface area contributed by atoms with Crippen molar-refractivity contribution in [3.05, 3.63) is 39.9 Å². The zero-order valence-corrected chi connectivity index (χ0v) is 25.0. The van der Waals surface area contributed by atoms with E-state index in [1.807, 2.05) is 0 Å². The van der Waals surface area contributed by atoms with Crippen LogP contribution in [0.3, 0.4) is 0 Å². The molecule has 1 aromatic rings. The molecule has 4 aliphatic rings. The molecule has 5 rings (SSSR count). The zero-order chi connectivity index (χ0) is 27.9. The molecule has 4 aliphatic carbocycles. The molecule has 0 bridgehead atoms. The van der Waals surface area contributed by atoms with Crippen molar-refractivity contribution < 1.29 is 14.5 Å². The average Bonchev–Trinajstić information content (AvgIpc) is 3.26. The molecule has 4 saturated carbocycles. The van der Waals surface area contributed by atoms with E-state index in [2.05, 4.69) is 34.6 Å². The van der Waals surface area contributed by atoms with E-state index in [1.165, 1.54) is 82.1 Å². The van der Waals surface area contributed by atoms with Crippen LogP contribution in [0.4, 0.5) is 5.69 Å². The molecule has 0 N–H and O–H groups in total. The molecule has 5 nitrogen and oxygen atoms in total. The molecule has 0 radical (unpaired) electrons. The maximum atomic E-state index is 12.8. The smallest absolute Gasteiger partial charge is 0.338 e. The van der Waals surface area contributed by atoms with Crippen molar-refractivity contribution in [1.82, 2.24) is 0 Å². The van der Waals surface area contributed by atoms with Gasteiger partial charge in [-0.1, -0.05) is 53.9 Å². The van der Waals surface area contributed by atoms with Gasteiger partial charge < -0.3 is 4.74 Å². The molecule has 9 atom stereocenters. The first kappa shape index (κ1) is 28.6. The molecular weight excluding hydrogens is 486 g/mol. The molecule has 0 saturated heterocycles. The largest absolute Gasteiger partial charge is 0.459 e. The first-order valence-corrected chi connectivity index (χ1v) is 16.0. The molecule has 0 amide bonds. The molecule has 0 spiro atoms. The first-order chi connectivity index (χ1) is 18.5. The molecule has 4 fully saturated rings. The van der Waals surface area contributed by atoms with E-state index in [1.54, 1.807) is 0 Å². The Morgan fingerprint density at radius 2 is 1.64 bits per heavy atom. The number of nitro groups is 1. The van der Waals surface area contributed by atoms with Gasteiger partial charge in [0, 0.05) is 12.1 Å². The lowest BCUT2D eigenvalue weighted by molar-refractivity contribution is -0.384. The van der Waals surface area contributed by atoms with Crippen LogP contribution >= 0.6 is 0 Å². The summed E-state index contributed by atoms with van der Waals surface area (Å²) in [6, 6.07) is 5.79. The summed E-state index contributed by atoms with van der Waals surface area (Å²) in [7, 11) is 0. The van der Waals surface area contributed by atoms with E-state index in [4.69, 9.17) is 4.74 Å². The number of hydrogen-bond acceptors (Lipinski definition) is 4. The number of esters is 1. The standard InChI is InChI=1S/C34H51NO4/c1-22(2)7-6-8-23(3)29-15-16-30-28-14-11-25-21-27(17-19-33(25,4)31(28)18-20-34(29,30)5)39-32(36)24-9-12-26(13-10-24)35(37)38/h9-10,12-13,22-23,25,27-31H,6-8,11,14-21H2,1-5H3/t23-,25+,27-,28+,29?,30+,31+,33+,34-/m1/s1. The summed E-state index contributed by atoms with van der Waals surface area (Å²) in [5.74, 6) is 5.42. The van der Waals surface area contributed by atoms with Crippen molar-refractivity contribution in [3.8, 4) is 0 Å². The van der Waals surface area contributed by atoms with Gasteiger partial charge in [0.2, 0.25) is 0 Å². The quantitative estimate of drug-likeness (QED) is 0.188. The van der Waals surface area contributed by atoms with Gasteiger partial charge in [0.15, 0.2) is 0 Å². The van der Waals surface area contributed by atoms with E-state index in [0.29, 0.717) is 22.3 Å². The molecule has 1 unspecified atom stereocenters. The Morgan fingerprint density at radius 1 is 0.949 bits per heavy atom. The summed E-state index contributed by atoms with van der Waals surface area (Å²) in [5.41, 5.74) is 1.29. The Labute approximate surface area is 236 Å². The second kappa shape index (κ2) is 11.2. The predicted molar refractivity (Wildman–Crippen MR) is 155 cm³/mol. The Morgan fingerprint density at radius 3 is 2.33 bits per heavy atom. The topological polar surface area (TPSA) is 69.4 Å². The third-order valence-electron chi connectivity index (χ3n) is 12.4. The highest BCUT2D eigenvalue weighted by atomic mass is 16.6. The van der Waals surface area contributed by atoms with Crippen LogP contribution in [0.2, 0.25) is 0 Å². The third kappa shape index (κ3) is 5.40. The van der Waals surface area contributed by atoms with Crippen LogP contribution in [0.1, 0.15) is 122 Å². The fourth-order valence-corrected chi connectivity index (χ4v) is 10.3. The van der Waals surface area contributed by atoms with E-state index in [-0.39, 0.29) is 17.8 Å². The molecular formula is C34H51NO4. The van der Waals surface area contributed by atoms with Gasteiger partial charge in [0.05, 0.1) is 10.5 Å². The van der Waals surface area contributed by atoms with E-state index < -0.39 is 4.92 Å². The lowest BCUT2D eigenvalue weighted by Gasteiger charge is -2.61. The van der Waals surface area contributed by atoms with Gasteiger partial charge in [-0.2, -0.15) is 0 Å². The summed E-state index contributed by atoms with van der Waals surface area (Å²) in [6.45, 7) is 12.5. The molecule has 216 valence electrons. The molecule has 1 aromatic carbocycles. The zero-order valence-electron chi connectivity index (χ0n) is 25.0. The highest BCUT2D eigenvalue weighted by Gasteiger charge is 2.60. The van der Waals surface area contributed by atoms with Crippen LogP contribution in [0.15, 0.2) is 24.3 Å². The second-order valence-electron chi connectivity index (χ2n) is 14.8. The van der Waals surface area contributed by atoms with Crippen LogP contribution in [0, 0.1) is 62.4 Å². The highest BCUT2D eigenvalue weighted by Crippen LogP contribution is 2.68. The summed E-state index contributed by atoms with van der Waals surface area (Å²) in [6.07, 6.45) is 15.4. The van der Waals surface area contributed by atoms with Crippen LogP contribution in [0.25, 0.3) is 0 Å². The molecule has 39 heavy (non-hydrogen) atoms. The predicted octanol–water partition coefficient (Wildman–Crippen LogP) is 9.24. The number of ether oxygens (including phenoxy) is 1. The Kier molecular flexibility index (Phi) is 8.19. The van der Waals surface area contributed by atoms with Gasteiger partial charge in [-0.15, -0.1) is 0 Å². The number of fused-ring (bicyclic) bond motifs is 5. The maximum absolute atomic E-state index is 12.8. The van der Waals surface area contributed by atoms with Gasteiger partial charge in [0.25, 0.3) is 5.69 Å².